The van der Waals surface area contributed by atoms with Gasteiger partial charge >= 0.3 is 0 Å². The largest absolute Gasteiger partial charge is 0.341 e. The van der Waals surface area contributed by atoms with Gasteiger partial charge in [0, 0.05) is 16.1 Å². The molecule has 1 aromatic heterocycles. The lowest BCUT2D eigenvalue weighted by Crippen LogP contribution is -2.41. The normalized spacial score (nSPS) is 11.7. The Labute approximate surface area is 165 Å². The summed E-state index contributed by atoms with van der Waals surface area (Å²) in [5.74, 6) is -0.726. The molecule has 2 amide bonds. The first-order valence-electron chi connectivity index (χ1n) is 8.20. The lowest BCUT2D eigenvalue weighted by molar-refractivity contribution is -0.117. The maximum atomic E-state index is 12.3. The van der Waals surface area contributed by atoms with Gasteiger partial charge in [0.05, 0.1) is 0 Å². The molecule has 0 aliphatic carbocycles. The van der Waals surface area contributed by atoms with Crippen LogP contribution in [0.4, 0.5) is 5.13 Å². The van der Waals surface area contributed by atoms with Crippen LogP contribution in [-0.4, -0.2) is 28.1 Å². The molecule has 0 fully saturated rings. The molecule has 1 unspecified atom stereocenters. The summed E-state index contributed by atoms with van der Waals surface area (Å²) in [6.07, 6.45) is 0. The van der Waals surface area contributed by atoms with Gasteiger partial charge in [-0.2, -0.15) is 0 Å². The van der Waals surface area contributed by atoms with Crippen LogP contribution in [0.2, 0.25) is 5.02 Å². The maximum Gasteiger partial charge on any atom is 0.251 e. The van der Waals surface area contributed by atoms with E-state index in [9.17, 15) is 9.59 Å². The molecule has 27 heavy (non-hydrogen) atoms. The molecule has 138 valence electrons. The third-order valence-corrected chi connectivity index (χ3v) is 4.94. The lowest BCUT2D eigenvalue weighted by atomic mass is 10.2. The van der Waals surface area contributed by atoms with Crippen LogP contribution in [0, 0.1) is 6.92 Å². The third kappa shape index (κ3) is 4.90. The van der Waals surface area contributed by atoms with Gasteiger partial charge in [-0.05, 0) is 38.1 Å². The van der Waals surface area contributed by atoms with Crippen molar-refractivity contribution in [3.63, 3.8) is 0 Å². The number of aryl methyl sites for hydroxylation is 1. The van der Waals surface area contributed by atoms with Gasteiger partial charge in [-0.1, -0.05) is 52.8 Å². The van der Waals surface area contributed by atoms with Crippen molar-refractivity contribution in [1.82, 2.24) is 15.5 Å². The molecule has 0 saturated carbocycles. The van der Waals surface area contributed by atoms with Crippen LogP contribution in [0.1, 0.15) is 22.8 Å². The monoisotopic (exact) mass is 400 g/mol. The van der Waals surface area contributed by atoms with E-state index < -0.39 is 6.04 Å². The summed E-state index contributed by atoms with van der Waals surface area (Å²) in [4.78, 5) is 24.5. The number of rotatable bonds is 5. The zero-order valence-electron chi connectivity index (χ0n) is 14.7. The summed E-state index contributed by atoms with van der Waals surface area (Å²) >= 11 is 7.08. The Bertz CT molecular complexity index is 955. The highest BCUT2D eigenvalue weighted by Crippen LogP contribution is 2.26. The number of hydrogen-bond donors (Lipinski definition) is 2. The van der Waals surface area contributed by atoms with Gasteiger partial charge in [-0.25, -0.2) is 0 Å². The number of hydrogen-bond acceptors (Lipinski definition) is 5. The van der Waals surface area contributed by atoms with Crippen LogP contribution in [0.25, 0.3) is 10.6 Å². The molecule has 0 saturated heterocycles. The van der Waals surface area contributed by atoms with Crippen molar-refractivity contribution in [3.8, 4) is 10.6 Å². The first-order valence-corrected chi connectivity index (χ1v) is 9.39. The number of carbonyl (C=O) groups is 2. The highest BCUT2D eigenvalue weighted by atomic mass is 35.5. The molecule has 6 nitrogen and oxygen atoms in total. The van der Waals surface area contributed by atoms with Gasteiger partial charge < -0.3 is 5.32 Å². The van der Waals surface area contributed by atoms with E-state index in [1.165, 1.54) is 11.3 Å². The van der Waals surface area contributed by atoms with Crippen LogP contribution in [0.5, 0.6) is 0 Å². The molecule has 0 spiro atoms. The molecule has 2 N–H and O–H groups in total. The molecule has 0 bridgehead atoms. The Morgan fingerprint density at radius 1 is 1.04 bits per heavy atom. The Hall–Kier alpha value is -2.77. The van der Waals surface area contributed by atoms with E-state index in [1.54, 1.807) is 31.2 Å². The smallest absolute Gasteiger partial charge is 0.251 e. The predicted octanol–water partition coefficient (Wildman–Crippen LogP) is 3.92. The second-order valence-electron chi connectivity index (χ2n) is 5.97. The molecule has 1 heterocycles. The quantitative estimate of drug-likeness (QED) is 0.679. The van der Waals surface area contributed by atoms with Crippen LogP contribution in [0.15, 0.2) is 48.5 Å². The maximum absolute atomic E-state index is 12.3. The fourth-order valence-electron chi connectivity index (χ4n) is 2.25. The van der Waals surface area contributed by atoms with Gasteiger partial charge in [0.15, 0.2) is 0 Å². The molecule has 0 aliphatic heterocycles. The van der Waals surface area contributed by atoms with Crippen LogP contribution >= 0.6 is 22.9 Å². The standard InChI is InChI=1S/C19H17ClN4O2S/c1-11-3-5-14(6-4-11)18-23-24-19(27-18)22-16(25)12(2)21-17(26)13-7-9-15(20)10-8-13/h3-10,12H,1-2H3,(H,21,26)(H,22,24,25). The Morgan fingerprint density at radius 2 is 1.70 bits per heavy atom. The summed E-state index contributed by atoms with van der Waals surface area (Å²) in [6, 6.07) is 13.6. The predicted molar refractivity (Wildman–Crippen MR) is 107 cm³/mol. The molecule has 0 radical (unpaired) electrons. The van der Waals surface area contributed by atoms with Gasteiger partial charge in [0.1, 0.15) is 11.0 Å². The second-order valence-corrected chi connectivity index (χ2v) is 7.38. The fourth-order valence-corrected chi connectivity index (χ4v) is 3.12. The van der Waals surface area contributed by atoms with Gasteiger partial charge in [0.25, 0.3) is 5.91 Å². The van der Waals surface area contributed by atoms with Crippen LogP contribution in [-0.2, 0) is 4.79 Å². The topological polar surface area (TPSA) is 84.0 Å². The molecular formula is C19H17ClN4O2S. The average Bonchev–Trinajstić information content (AvgIpc) is 3.11. The minimum atomic E-state index is -0.736. The molecule has 3 rings (SSSR count). The van der Waals surface area contributed by atoms with Crippen molar-refractivity contribution >= 4 is 39.9 Å². The van der Waals surface area contributed by atoms with Gasteiger partial charge in [-0.3, -0.25) is 14.9 Å². The van der Waals surface area contributed by atoms with Gasteiger partial charge in [0.2, 0.25) is 11.0 Å². The first-order chi connectivity index (χ1) is 12.9. The second kappa shape index (κ2) is 8.28. The van der Waals surface area contributed by atoms with Crippen molar-refractivity contribution in [3.05, 3.63) is 64.7 Å². The van der Waals surface area contributed by atoms with E-state index in [0.29, 0.717) is 20.7 Å². The summed E-state index contributed by atoms with van der Waals surface area (Å²) in [6.45, 7) is 3.61. The van der Waals surface area contributed by atoms with Crippen LogP contribution in [0.3, 0.4) is 0 Å². The number of aromatic nitrogens is 2. The molecule has 3 aromatic rings. The minimum Gasteiger partial charge on any atom is -0.341 e. The zero-order chi connectivity index (χ0) is 19.4. The Morgan fingerprint density at radius 3 is 2.37 bits per heavy atom. The molecule has 1 atom stereocenters. The highest BCUT2D eigenvalue weighted by Gasteiger charge is 2.18. The Kier molecular flexibility index (Phi) is 5.83. The highest BCUT2D eigenvalue weighted by molar-refractivity contribution is 7.18. The number of halogens is 1. The average molecular weight is 401 g/mol. The van der Waals surface area contributed by atoms with Crippen molar-refractivity contribution < 1.29 is 9.59 Å². The number of nitrogens with one attached hydrogen (secondary N) is 2. The number of anilines is 1. The molecule has 0 aliphatic rings. The van der Waals surface area contributed by atoms with E-state index in [0.717, 1.165) is 11.1 Å². The summed E-state index contributed by atoms with van der Waals surface area (Å²) in [7, 11) is 0. The fraction of sp³-hybridized carbons (Fsp3) is 0.158. The summed E-state index contributed by atoms with van der Waals surface area (Å²) in [5, 5.41) is 15.0. The molecule has 8 heteroatoms. The minimum absolute atomic E-state index is 0.355. The van der Waals surface area contributed by atoms with E-state index in [1.807, 2.05) is 31.2 Å². The summed E-state index contributed by atoms with van der Waals surface area (Å²) in [5.41, 5.74) is 2.52. The van der Waals surface area contributed by atoms with Crippen molar-refractivity contribution in [2.24, 2.45) is 0 Å². The van der Waals surface area contributed by atoms with E-state index >= 15 is 0 Å². The molecular weight excluding hydrogens is 384 g/mol. The number of amides is 2. The number of nitrogens with zero attached hydrogens (tertiary/aromatic N) is 2. The van der Waals surface area contributed by atoms with E-state index in [-0.39, 0.29) is 11.8 Å². The Balaban J connectivity index is 1.60. The lowest BCUT2D eigenvalue weighted by Gasteiger charge is -2.12. The SMILES string of the molecule is Cc1ccc(-c2nnc(NC(=O)C(C)NC(=O)c3ccc(Cl)cc3)s2)cc1. The summed E-state index contributed by atoms with van der Waals surface area (Å²) < 4.78 is 0. The number of carbonyl (C=O) groups excluding carboxylic acids is 2. The zero-order valence-corrected chi connectivity index (χ0v) is 16.3. The van der Waals surface area contributed by atoms with Crippen molar-refractivity contribution in [1.29, 1.82) is 0 Å². The van der Waals surface area contributed by atoms with Crippen LogP contribution < -0.4 is 10.6 Å². The third-order valence-electron chi connectivity index (χ3n) is 3.80. The van der Waals surface area contributed by atoms with Crippen molar-refractivity contribution in [2.45, 2.75) is 19.9 Å². The van der Waals surface area contributed by atoms with Gasteiger partial charge in [-0.15, -0.1) is 10.2 Å². The molecule has 2 aromatic carbocycles. The van der Waals surface area contributed by atoms with Crippen molar-refractivity contribution in [2.75, 3.05) is 5.32 Å². The number of benzene rings is 2. The first kappa shape index (κ1) is 19.0. The van der Waals surface area contributed by atoms with E-state index in [4.69, 9.17) is 11.6 Å². The van der Waals surface area contributed by atoms with E-state index in [2.05, 4.69) is 20.8 Å².